The third kappa shape index (κ3) is 4.71. The summed E-state index contributed by atoms with van der Waals surface area (Å²) in [6.45, 7) is 7.87. The fourth-order valence-corrected chi connectivity index (χ4v) is 2.15. The Hall–Kier alpha value is -1.60. The lowest BCUT2D eigenvalue weighted by Gasteiger charge is -2.25. The van der Waals surface area contributed by atoms with E-state index in [1.54, 1.807) is 6.92 Å². The Kier molecular flexibility index (Phi) is 5.36. The molecule has 6 nitrogen and oxygen atoms in total. The second-order valence-corrected chi connectivity index (χ2v) is 6.89. The van der Waals surface area contributed by atoms with Gasteiger partial charge in [0.15, 0.2) is 0 Å². The lowest BCUT2D eigenvalue weighted by Crippen LogP contribution is -2.43. The van der Waals surface area contributed by atoms with E-state index in [4.69, 9.17) is 9.88 Å². The Morgan fingerprint density at radius 2 is 1.95 bits per heavy atom. The van der Waals surface area contributed by atoms with Gasteiger partial charge in [-0.25, -0.2) is 13.6 Å². The molecular formula is C14H22N2O4S. The van der Waals surface area contributed by atoms with Gasteiger partial charge < -0.3 is 10.1 Å². The number of hydrogen-bond acceptors (Lipinski definition) is 4. The Labute approximate surface area is 125 Å². The van der Waals surface area contributed by atoms with E-state index in [0.29, 0.717) is 12.4 Å². The van der Waals surface area contributed by atoms with Gasteiger partial charge in [0, 0.05) is 5.54 Å². The van der Waals surface area contributed by atoms with Gasteiger partial charge in [0.1, 0.15) is 5.75 Å². The predicted molar refractivity (Wildman–Crippen MR) is 80.8 cm³/mol. The van der Waals surface area contributed by atoms with Crippen LogP contribution in [0, 0.1) is 0 Å². The van der Waals surface area contributed by atoms with Crippen LogP contribution in [0.2, 0.25) is 0 Å². The monoisotopic (exact) mass is 314 g/mol. The zero-order valence-corrected chi connectivity index (χ0v) is 13.6. The molecule has 0 bridgehead atoms. The lowest BCUT2D eigenvalue weighted by atomic mass is 10.0. The SMILES string of the molecule is CCOc1ccc(S(N)(=O)=O)cc1C(=O)NC(C)(C)CC. The van der Waals surface area contributed by atoms with Crippen LogP contribution < -0.4 is 15.2 Å². The molecule has 1 aromatic carbocycles. The summed E-state index contributed by atoms with van der Waals surface area (Å²) in [5.41, 5.74) is -0.247. The number of sulfonamides is 1. The van der Waals surface area contributed by atoms with Crippen molar-refractivity contribution >= 4 is 15.9 Å². The van der Waals surface area contributed by atoms with Gasteiger partial charge in [0.25, 0.3) is 5.91 Å². The Bertz CT molecular complexity index is 624. The first-order valence-corrected chi connectivity index (χ1v) is 8.27. The molecule has 7 heteroatoms. The summed E-state index contributed by atoms with van der Waals surface area (Å²) in [6, 6.07) is 4.00. The molecule has 0 spiro atoms. The molecule has 21 heavy (non-hydrogen) atoms. The molecule has 3 N–H and O–H groups in total. The molecule has 0 radical (unpaired) electrons. The van der Waals surface area contributed by atoms with Gasteiger partial charge in [-0.1, -0.05) is 6.92 Å². The van der Waals surface area contributed by atoms with Crippen molar-refractivity contribution in [2.75, 3.05) is 6.61 Å². The first-order chi connectivity index (χ1) is 9.60. The number of carbonyl (C=O) groups is 1. The maximum atomic E-state index is 12.4. The molecule has 1 rings (SSSR count). The molecule has 0 aliphatic carbocycles. The summed E-state index contributed by atoms with van der Waals surface area (Å²) in [7, 11) is -3.88. The minimum atomic E-state index is -3.88. The van der Waals surface area contributed by atoms with Crippen molar-refractivity contribution in [2.24, 2.45) is 5.14 Å². The second kappa shape index (κ2) is 6.44. The molecular weight excluding hydrogens is 292 g/mol. The maximum absolute atomic E-state index is 12.4. The first kappa shape index (κ1) is 17.5. The third-order valence-corrected chi connectivity index (χ3v) is 4.07. The molecule has 0 aromatic heterocycles. The minimum absolute atomic E-state index is 0.120. The average Bonchev–Trinajstić information content (AvgIpc) is 2.37. The van der Waals surface area contributed by atoms with E-state index in [-0.39, 0.29) is 10.5 Å². The fraction of sp³-hybridized carbons (Fsp3) is 0.500. The largest absolute Gasteiger partial charge is 0.493 e. The number of benzene rings is 1. The van der Waals surface area contributed by atoms with Crippen molar-refractivity contribution in [3.8, 4) is 5.75 Å². The highest BCUT2D eigenvalue weighted by Gasteiger charge is 2.23. The second-order valence-electron chi connectivity index (χ2n) is 5.33. The smallest absolute Gasteiger partial charge is 0.255 e. The molecule has 1 aromatic rings. The van der Waals surface area contributed by atoms with Crippen LogP contribution in [0.25, 0.3) is 0 Å². The van der Waals surface area contributed by atoms with Crippen molar-refractivity contribution in [3.63, 3.8) is 0 Å². The van der Waals surface area contributed by atoms with Gasteiger partial charge in [-0.15, -0.1) is 0 Å². The molecule has 0 saturated carbocycles. The normalized spacial score (nSPS) is 12.0. The molecule has 118 valence electrons. The molecule has 0 fully saturated rings. The number of primary sulfonamides is 1. The van der Waals surface area contributed by atoms with Gasteiger partial charge in [-0.2, -0.15) is 0 Å². The molecule has 1 amide bonds. The maximum Gasteiger partial charge on any atom is 0.255 e. The highest BCUT2D eigenvalue weighted by molar-refractivity contribution is 7.89. The highest BCUT2D eigenvalue weighted by atomic mass is 32.2. The number of ether oxygens (including phenoxy) is 1. The van der Waals surface area contributed by atoms with Gasteiger partial charge in [-0.3, -0.25) is 4.79 Å². The highest BCUT2D eigenvalue weighted by Crippen LogP contribution is 2.23. The van der Waals surface area contributed by atoms with Crippen molar-refractivity contribution in [2.45, 2.75) is 44.6 Å². The van der Waals surface area contributed by atoms with Crippen LogP contribution in [-0.2, 0) is 10.0 Å². The standard InChI is InChI=1S/C14H22N2O4S/c1-5-14(3,4)16-13(17)11-9-10(21(15,18)19)7-8-12(11)20-6-2/h7-9H,5-6H2,1-4H3,(H,16,17)(H2,15,18,19). The van der Waals surface area contributed by atoms with Crippen LogP contribution in [0.4, 0.5) is 0 Å². The Morgan fingerprint density at radius 3 is 2.43 bits per heavy atom. The van der Waals surface area contributed by atoms with Crippen molar-refractivity contribution in [3.05, 3.63) is 23.8 Å². The molecule has 0 atom stereocenters. The quantitative estimate of drug-likeness (QED) is 0.834. The lowest BCUT2D eigenvalue weighted by molar-refractivity contribution is 0.0907. The molecule has 0 heterocycles. The van der Waals surface area contributed by atoms with Crippen LogP contribution >= 0.6 is 0 Å². The van der Waals surface area contributed by atoms with E-state index in [2.05, 4.69) is 5.32 Å². The van der Waals surface area contributed by atoms with E-state index in [1.807, 2.05) is 20.8 Å². The summed E-state index contributed by atoms with van der Waals surface area (Å²) in [5.74, 6) is -0.0647. The number of nitrogens with one attached hydrogen (secondary N) is 1. The Balaban J connectivity index is 3.26. The van der Waals surface area contributed by atoms with Gasteiger partial charge in [0.2, 0.25) is 10.0 Å². The van der Waals surface area contributed by atoms with Crippen LogP contribution in [-0.4, -0.2) is 26.5 Å². The van der Waals surface area contributed by atoms with E-state index in [1.165, 1.54) is 18.2 Å². The topological polar surface area (TPSA) is 98.5 Å². The predicted octanol–water partition coefficient (Wildman–Crippen LogP) is 1.65. The first-order valence-electron chi connectivity index (χ1n) is 6.73. The third-order valence-electron chi connectivity index (χ3n) is 3.16. The number of rotatable bonds is 6. The zero-order valence-electron chi connectivity index (χ0n) is 12.8. The number of carbonyl (C=O) groups excluding carboxylic acids is 1. The average molecular weight is 314 g/mol. The summed E-state index contributed by atoms with van der Waals surface area (Å²) in [6.07, 6.45) is 0.734. The van der Waals surface area contributed by atoms with E-state index < -0.39 is 21.5 Å². The van der Waals surface area contributed by atoms with E-state index in [0.717, 1.165) is 6.42 Å². The van der Waals surface area contributed by atoms with Crippen LogP contribution in [0.5, 0.6) is 5.75 Å². The number of hydrogen-bond donors (Lipinski definition) is 2. The Morgan fingerprint density at radius 1 is 1.33 bits per heavy atom. The van der Waals surface area contributed by atoms with E-state index in [9.17, 15) is 13.2 Å². The molecule has 0 saturated heterocycles. The van der Waals surface area contributed by atoms with Gasteiger partial charge in [0.05, 0.1) is 17.1 Å². The molecule has 0 unspecified atom stereocenters. The summed E-state index contributed by atoms with van der Waals surface area (Å²) in [5, 5.41) is 7.95. The summed E-state index contributed by atoms with van der Waals surface area (Å²) < 4.78 is 28.2. The fourth-order valence-electron chi connectivity index (χ4n) is 1.61. The number of nitrogens with two attached hydrogens (primary N) is 1. The van der Waals surface area contributed by atoms with Crippen LogP contribution in [0.15, 0.2) is 23.1 Å². The molecule has 0 aliphatic rings. The van der Waals surface area contributed by atoms with Crippen LogP contribution in [0.1, 0.15) is 44.5 Å². The minimum Gasteiger partial charge on any atom is -0.493 e. The van der Waals surface area contributed by atoms with Gasteiger partial charge >= 0.3 is 0 Å². The van der Waals surface area contributed by atoms with E-state index >= 15 is 0 Å². The van der Waals surface area contributed by atoms with Gasteiger partial charge in [-0.05, 0) is 45.4 Å². The van der Waals surface area contributed by atoms with Crippen molar-refractivity contribution < 1.29 is 17.9 Å². The van der Waals surface area contributed by atoms with Crippen molar-refractivity contribution in [1.82, 2.24) is 5.32 Å². The summed E-state index contributed by atoms with van der Waals surface area (Å²) in [4.78, 5) is 12.2. The summed E-state index contributed by atoms with van der Waals surface area (Å²) >= 11 is 0. The van der Waals surface area contributed by atoms with Crippen LogP contribution in [0.3, 0.4) is 0 Å². The number of amides is 1. The zero-order chi connectivity index (χ0) is 16.3. The molecule has 0 aliphatic heterocycles. The van der Waals surface area contributed by atoms with Crippen molar-refractivity contribution in [1.29, 1.82) is 0 Å².